The fraction of sp³-hybridized carbons (Fsp3) is 0.500. The predicted molar refractivity (Wildman–Crippen MR) is 98.1 cm³/mol. The molecule has 4 rings (SSSR count). The number of ether oxygens (including phenoxy) is 1. The van der Waals surface area contributed by atoms with Gasteiger partial charge in [0.1, 0.15) is 5.82 Å². The molecule has 0 bridgehead atoms. The summed E-state index contributed by atoms with van der Waals surface area (Å²) in [6.45, 7) is 4.86. The molecule has 1 unspecified atom stereocenters. The number of aromatic nitrogens is 3. The van der Waals surface area contributed by atoms with E-state index >= 15 is 0 Å². The van der Waals surface area contributed by atoms with E-state index in [0.29, 0.717) is 5.95 Å². The smallest absolute Gasteiger partial charge is 0.247 e. The molecule has 0 saturated carbocycles. The largest absolute Gasteiger partial charge is 0.376 e. The number of nitrogens with zero attached hydrogens (tertiary/aromatic N) is 5. The third-order valence-corrected chi connectivity index (χ3v) is 4.84. The van der Waals surface area contributed by atoms with Gasteiger partial charge in [-0.3, -0.25) is 0 Å². The van der Waals surface area contributed by atoms with Crippen LogP contribution in [0.3, 0.4) is 0 Å². The van der Waals surface area contributed by atoms with E-state index < -0.39 is 0 Å². The standard InChI is InChI=1S/C18H23FN6O/c19-14-3-5-15(6-4-14)24-7-9-25(10-8-24)18-22-17(13-21-23-18)20-12-16-2-1-11-26-16/h3-6,13,16H,1-2,7-12H2,(H,20,22,23). The maximum absolute atomic E-state index is 13.1. The van der Waals surface area contributed by atoms with Crippen molar-refractivity contribution in [1.82, 2.24) is 15.2 Å². The van der Waals surface area contributed by atoms with Gasteiger partial charge in [-0.05, 0) is 37.1 Å². The molecule has 2 aliphatic rings. The first-order valence-electron chi connectivity index (χ1n) is 9.08. The van der Waals surface area contributed by atoms with Gasteiger partial charge >= 0.3 is 0 Å². The van der Waals surface area contributed by atoms with Crippen LogP contribution >= 0.6 is 0 Å². The van der Waals surface area contributed by atoms with E-state index in [4.69, 9.17) is 4.74 Å². The number of anilines is 3. The molecule has 1 aromatic carbocycles. The van der Waals surface area contributed by atoms with E-state index in [-0.39, 0.29) is 11.9 Å². The summed E-state index contributed by atoms with van der Waals surface area (Å²) in [6, 6.07) is 6.63. The zero-order chi connectivity index (χ0) is 17.8. The number of nitrogens with one attached hydrogen (secondary N) is 1. The minimum absolute atomic E-state index is 0.209. The van der Waals surface area contributed by atoms with Crippen LogP contribution in [-0.2, 0) is 4.74 Å². The molecule has 0 amide bonds. The van der Waals surface area contributed by atoms with Crippen molar-refractivity contribution in [2.45, 2.75) is 18.9 Å². The average Bonchev–Trinajstić information content (AvgIpc) is 3.21. The molecule has 0 aliphatic carbocycles. The highest BCUT2D eigenvalue weighted by Crippen LogP contribution is 2.19. The molecule has 2 aromatic rings. The fourth-order valence-corrected chi connectivity index (χ4v) is 3.35. The van der Waals surface area contributed by atoms with E-state index in [2.05, 4.69) is 30.3 Å². The number of halogens is 1. The normalized spacial score (nSPS) is 20.4. The summed E-state index contributed by atoms with van der Waals surface area (Å²) in [5, 5.41) is 11.6. The SMILES string of the molecule is Fc1ccc(N2CCN(c3nncc(NCC4CCCO4)n3)CC2)cc1. The summed E-state index contributed by atoms with van der Waals surface area (Å²) < 4.78 is 18.7. The minimum atomic E-state index is -0.209. The van der Waals surface area contributed by atoms with Crippen molar-refractivity contribution < 1.29 is 9.13 Å². The fourth-order valence-electron chi connectivity index (χ4n) is 3.35. The topological polar surface area (TPSA) is 66.4 Å². The summed E-state index contributed by atoms with van der Waals surface area (Å²) in [6.07, 6.45) is 4.11. The van der Waals surface area contributed by atoms with Crippen molar-refractivity contribution >= 4 is 17.5 Å². The molecule has 2 aliphatic heterocycles. The summed E-state index contributed by atoms with van der Waals surface area (Å²) in [7, 11) is 0. The molecule has 2 saturated heterocycles. The van der Waals surface area contributed by atoms with E-state index in [0.717, 1.165) is 63.7 Å². The van der Waals surface area contributed by atoms with Crippen molar-refractivity contribution in [3.63, 3.8) is 0 Å². The molecule has 1 aromatic heterocycles. The molecular weight excluding hydrogens is 335 g/mol. The first-order chi connectivity index (χ1) is 12.8. The Bertz CT molecular complexity index is 714. The van der Waals surface area contributed by atoms with Crippen molar-refractivity contribution in [3.05, 3.63) is 36.3 Å². The Morgan fingerprint density at radius 2 is 1.88 bits per heavy atom. The van der Waals surface area contributed by atoms with Crippen molar-refractivity contribution in [2.75, 3.05) is 54.4 Å². The number of rotatable bonds is 5. The van der Waals surface area contributed by atoms with Gasteiger partial charge < -0.3 is 19.9 Å². The first kappa shape index (κ1) is 17.0. The Balaban J connectivity index is 1.33. The highest BCUT2D eigenvalue weighted by molar-refractivity contribution is 5.49. The van der Waals surface area contributed by atoms with Crippen LogP contribution in [0.4, 0.5) is 21.8 Å². The van der Waals surface area contributed by atoms with Crippen LogP contribution < -0.4 is 15.1 Å². The first-order valence-corrected chi connectivity index (χ1v) is 9.08. The molecular formula is C18H23FN6O. The van der Waals surface area contributed by atoms with Gasteiger partial charge in [0.2, 0.25) is 5.95 Å². The Morgan fingerprint density at radius 1 is 1.12 bits per heavy atom. The van der Waals surface area contributed by atoms with E-state index in [9.17, 15) is 4.39 Å². The second kappa shape index (κ2) is 7.82. The number of benzene rings is 1. The van der Waals surface area contributed by atoms with Gasteiger partial charge in [-0.25, -0.2) is 4.39 Å². The zero-order valence-corrected chi connectivity index (χ0v) is 14.6. The Morgan fingerprint density at radius 3 is 2.62 bits per heavy atom. The summed E-state index contributed by atoms with van der Waals surface area (Å²) >= 11 is 0. The second-order valence-corrected chi connectivity index (χ2v) is 6.61. The van der Waals surface area contributed by atoms with Crippen LogP contribution in [0.25, 0.3) is 0 Å². The molecule has 0 spiro atoms. The third kappa shape index (κ3) is 4.01. The van der Waals surface area contributed by atoms with Gasteiger partial charge in [-0.1, -0.05) is 0 Å². The molecule has 7 nitrogen and oxygen atoms in total. The quantitative estimate of drug-likeness (QED) is 0.876. The monoisotopic (exact) mass is 358 g/mol. The highest BCUT2D eigenvalue weighted by atomic mass is 19.1. The third-order valence-electron chi connectivity index (χ3n) is 4.84. The van der Waals surface area contributed by atoms with Crippen LogP contribution in [0.15, 0.2) is 30.5 Å². The van der Waals surface area contributed by atoms with E-state index in [1.165, 1.54) is 12.1 Å². The van der Waals surface area contributed by atoms with E-state index in [1.54, 1.807) is 6.20 Å². The lowest BCUT2D eigenvalue weighted by Gasteiger charge is -2.35. The lowest BCUT2D eigenvalue weighted by atomic mass is 10.2. The van der Waals surface area contributed by atoms with Crippen LogP contribution in [0.1, 0.15) is 12.8 Å². The number of piperazine rings is 1. The van der Waals surface area contributed by atoms with Crippen LogP contribution in [0, 0.1) is 5.82 Å². The van der Waals surface area contributed by atoms with Gasteiger partial charge in [0.15, 0.2) is 5.82 Å². The van der Waals surface area contributed by atoms with Gasteiger partial charge in [-0.2, -0.15) is 10.1 Å². The predicted octanol–water partition coefficient (Wildman–Crippen LogP) is 1.93. The van der Waals surface area contributed by atoms with Crippen LogP contribution in [-0.4, -0.2) is 60.6 Å². The Labute approximate surface area is 152 Å². The maximum atomic E-state index is 13.1. The zero-order valence-electron chi connectivity index (χ0n) is 14.6. The maximum Gasteiger partial charge on any atom is 0.247 e. The van der Waals surface area contributed by atoms with Crippen molar-refractivity contribution in [2.24, 2.45) is 0 Å². The minimum Gasteiger partial charge on any atom is -0.376 e. The molecule has 3 heterocycles. The molecule has 138 valence electrons. The molecule has 26 heavy (non-hydrogen) atoms. The van der Waals surface area contributed by atoms with Crippen LogP contribution in [0.2, 0.25) is 0 Å². The lowest BCUT2D eigenvalue weighted by Crippen LogP contribution is -2.47. The van der Waals surface area contributed by atoms with Gasteiger partial charge in [0.05, 0.1) is 12.3 Å². The molecule has 1 N–H and O–H groups in total. The molecule has 8 heteroatoms. The summed E-state index contributed by atoms with van der Waals surface area (Å²) in [5.41, 5.74) is 1.04. The van der Waals surface area contributed by atoms with Gasteiger partial charge in [0, 0.05) is 45.0 Å². The lowest BCUT2D eigenvalue weighted by molar-refractivity contribution is 0.120. The highest BCUT2D eigenvalue weighted by Gasteiger charge is 2.20. The second-order valence-electron chi connectivity index (χ2n) is 6.61. The van der Waals surface area contributed by atoms with Crippen molar-refractivity contribution in [1.29, 1.82) is 0 Å². The van der Waals surface area contributed by atoms with Crippen molar-refractivity contribution in [3.8, 4) is 0 Å². The molecule has 2 fully saturated rings. The van der Waals surface area contributed by atoms with Crippen LogP contribution in [0.5, 0.6) is 0 Å². The average molecular weight is 358 g/mol. The number of hydrogen-bond acceptors (Lipinski definition) is 7. The molecule has 1 atom stereocenters. The summed E-state index contributed by atoms with van der Waals surface area (Å²) in [4.78, 5) is 8.95. The number of hydrogen-bond donors (Lipinski definition) is 1. The Hall–Kier alpha value is -2.48. The van der Waals surface area contributed by atoms with Gasteiger partial charge in [0.25, 0.3) is 0 Å². The van der Waals surface area contributed by atoms with E-state index in [1.807, 2.05) is 12.1 Å². The Kier molecular flexibility index (Phi) is 5.10. The van der Waals surface area contributed by atoms with Gasteiger partial charge in [-0.15, -0.1) is 5.10 Å². The summed E-state index contributed by atoms with van der Waals surface area (Å²) in [5.74, 6) is 1.16. The molecule has 0 radical (unpaired) electrons.